The summed E-state index contributed by atoms with van der Waals surface area (Å²) in [5, 5.41) is 11.2. The lowest BCUT2D eigenvalue weighted by atomic mass is 9.99. The summed E-state index contributed by atoms with van der Waals surface area (Å²) >= 11 is 0. The van der Waals surface area contributed by atoms with Gasteiger partial charge in [0.25, 0.3) is 0 Å². The third-order valence-electron chi connectivity index (χ3n) is 4.14. The molecule has 0 radical (unpaired) electrons. The number of benzene rings is 1. The van der Waals surface area contributed by atoms with Gasteiger partial charge in [0.1, 0.15) is 5.75 Å². The number of anilines is 1. The van der Waals surface area contributed by atoms with Gasteiger partial charge in [-0.3, -0.25) is 0 Å². The van der Waals surface area contributed by atoms with E-state index in [1.807, 2.05) is 25.2 Å². The van der Waals surface area contributed by atoms with E-state index in [1.165, 1.54) is 12.0 Å². The van der Waals surface area contributed by atoms with Gasteiger partial charge < -0.3 is 19.4 Å². The first-order valence-corrected chi connectivity index (χ1v) is 8.16. The quantitative estimate of drug-likeness (QED) is 0.883. The van der Waals surface area contributed by atoms with Crippen LogP contribution in [-0.4, -0.2) is 36.9 Å². The number of hydrogen-bond acceptors (Lipinski definition) is 6. The molecule has 1 unspecified atom stereocenters. The summed E-state index contributed by atoms with van der Waals surface area (Å²) in [6.45, 7) is 5.25. The van der Waals surface area contributed by atoms with Crippen LogP contribution in [0.15, 0.2) is 28.7 Å². The van der Waals surface area contributed by atoms with Crippen molar-refractivity contribution < 1.29 is 9.15 Å². The van der Waals surface area contributed by atoms with Gasteiger partial charge >= 0.3 is 6.01 Å². The van der Waals surface area contributed by atoms with Crippen LogP contribution >= 0.6 is 0 Å². The van der Waals surface area contributed by atoms with Gasteiger partial charge in [-0.2, -0.15) is 0 Å². The van der Waals surface area contributed by atoms with Crippen LogP contribution in [-0.2, 0) is 6.54 Å². The van der Waals surface area contributed by atoms with Crippen molar-refractivity contribution in [1.82, 2.24) is 15.5 Å². The van der Waals surface area contributed by atoms with Crippen molar-refractivity contribution in [1.29, 1.82) is 0 Å². The number of piperidine rings is 1. The smallest absolute Gasteiger partial charge is 0.318 e. The van der Waals surface area contributed by atoms with Crippen molar-refractivity contribution in [2.75, 3.05) is 31.6 Å². The van der Waals surface area contributed by atoms with Gasteiger partial charge in [-0.15, -0.1) is 5.10 Å². The molecule has 0 saturated carbocycles. The third-order valence-corrected chi connectivity index (χ3v) is 4.14. The van der Waals surface area contributed by atoms with Gasteiger partial charge in [0.2, 0.25) is 5.89 Å². The first-order chi connectivity index (χ1) is 11.3. The van der Waals surface area contributed by atoms with Gasteiger partial charge in [0.15, 0.2) is 0 Å². The summed E-state index contributed by atoms with van der Waals surface area (Å²) in [5.74, 6) is 2.07. The second-order valence-corrected chi connectivity index (χ2v) is 6.04. The number of nitrogens with zero attached hydrogens (tertiary/aromatic N) is 3. The van der Waals surface area contributed by atoms with Crippen molar-refractivity contribution >= 4 is 6.01 Å². The molecule has 1 aliphatic rings. The van der Waals surface area contributed by atoms with Crippen LogP contribution in [0.25, 0.3) is 0 Å². The van der Waals surface area contributed by atoms with Gasteiger partial charge in [-0.25, -0.2) is 0 Å². The van der Waals surface area contributed by atoms with Crippen molar-refractivity contribution in [3.05, 3.63) is 35.7 Å². The first kappa shape index (κ1) is 15.8. The van der Waals surface area contributed by atoms with Crippen molar-refractivity contribution in [2.24, 2.45) is 5.92 Å². The Morgan fingerprint density at radius 3 is 3.04 bits per heavy atom. The minimum atomic E-state index is 0.475. The van der Waals surface area contributed by atoms with Gasteiger partial charge in [0, 0.05) is 19.0 Å². The van der Waals surface area contributed by atoms with Crippen LogP contribution in [0.5, 0.6) is 5.75 Å². The summed E-state index contributed by atoms with van der Waals surface area (Å²) in [6.07, 6.45) is 2.28. The number of aromatic nitrogens is 2. The third kappa shape index (κ3) is 4.01. The Labute approximate surface area is 136 Å². The molecule has 1 aromatic heterocycles. The molecule has 2 aromatic rings. The van der Waals surface area contributed by atoms with Crippen LogP contribution in [0.1, 0.15) is 24.3 Å². The molecule has 124 valence electrons. The lowest BCUT2D eigenvalue weighted by molar-refractivity contribution is 0.225. The van der Waals surface area contributed by atoms with Gasteiger partial charge in [-0.1, -0.05) is 23.3 Å². The highest BCUT2D eigenvalue weighted by Crippen LogP contribution is 2.24. The minimum absolute atomic E-state index is 0.475. The van der Waals surface area contributed by atoms with Crippen LogP contribution < -0.4 is 15.0 Å². The van der Waals surface area contributed by atoms with E-state index in [1.54, 1.807) is 0 Å². The van der Waals surface area contributed by atoms with E-state index in [9.17, 15) is 0 Å². The fourth-order valence-electron chi connectivity index (χ4n) is 2.90. The monoisotopic (exact) mass is 316 g/mol. The normalized spacial score (nSPS) is 18.2. The van der Waals surface area contributed by atoms with E-state index in [2.05, 4.69) is 33.4 Å². The molecule has 1 atom stereocenters. The predicted molar refractivity (Wildman–Crippen MR) is 88.7 cm³/mol. The van der Waals surface area contributed by atoms with E-state index in [4.69, 9.17) is 9.15 Å². The SMILES string of the molecule is CNCc1nnc(N2CCCC(COc3ccccc3C)C2)o1. The van der Waals surface area contributed by atoms with Gasteiger partial charge in [0.05, 0.1) is 13.2 Å². The Balaban J connectivity index is 1.56. The molecule has 1 N–H and O–H groups in total. The number of aryl methyl sites for hydroxylation is 1. The highest BCUT2D eigenvalue weighted by atomic mass is 16.5. The average Bonchev–Trinajstić information content (AvgIpc) is 3.04. The molecule has 6 nitrogen and oxygen atoms in total. The maximum absolute atomic E-state index is 6.00. The molecular weight excluding hydrogens is 292 g/mol. The number of nitrogens with one attached hydrogen (secondary N) is 1. The molecular formula is C17H24N4O2. The summed E-state index contributed by atoms with van der Waals surface area (Å²) in [7, 11) is 1.86. The molecule has 0 aliphatic carbocycles. The summed E-state index contributed by atoms with van der Waals surface area (Å²) in [6, 6.07) is 8.76. The molecule has 1 saturated heterocycles. The predicted octanol–water partition coefficient (Wildman–Crippen LogP) is 2.39. The van der Waals surface area contributed by atoms with E-state index >= 15 is 0 Å². The molecule has 3 rings (SSSR count). The molecule has 0 bridgehead atoms. The molecule has 0 amide bonds. The number of para-hydroxylation sites is 1. The van der Waals surface area contributed by atoms with Crippen LogP contribution in [0, 0.1) is 12.8 Å². The first-order valence-electron chi connectivity index (χ1n) is 8.16. The van der Waals surface area contributed by atoms with E-state index < -0.39 is 0 Å². The Hall–Kier alpha value is -2.08. The van der Waals surface area contributed by atoms with Crippen LogP contribution in [0.3, 0.4) is 0 Å². The molecule has 1 aliphatic heterocycles. The maximum atomic E-state index is 6.00. The Morgan fingerprint density at radius 1 is 1.35 bits per heavy atom. The number of rotatable bonds is 6. The fourth-order valence-corrected chi connectivity index (χ4v) is 2.90. The van der Waals surface area contributed by atoms with E-state index in [0.717, 1.165) is 31.9 Å². The molecule has 23 heavy (non-hydrogen) atoms. The fraction of sp³-hybridized carbons (Fsp3) is 0.529. The van der Waals surface area contributed by atoms with Crippen LogP contribution in [0.2, 0.25) is 0 Å². The Bertz CT molecular complexity index is 629. The highest BCUT2D eigenvalue weighted by molar-refractivity contribution is 5.31. The van der Waals surface area contributed by atoms with Crippen LogP contribution in [0.4, 0.5) is 6.01 Å². The number of ether oxygens (including phenoxy) is 1. The second-order valence-electron chi connectivity index (χ2n) is 6.04. The zero-order valence-electron chi connectivity index (χ0n) is 13.8. The Morgan fingerprint density at radius 2 is 2.22 bits per heavy atom. The standard InChI is InChI=1S/C17H24N4O2/c1-13-6-3-4-8-15(13)22-12-14-7-5-9-21(11-14)17-20-19-16(23-17)10-18-2/h3-4,6,8,14,18H,5,7,9-12H2,1-2H3. The average molecular weight is 316 g/mol. The Kier molecular flexibility index (Phi) is 5.12. The topological polar surface area (TPSA) is 63.4 Å². The summed E-state index contributed by atoms with van der Waals surface area (Å²) in [5.41, 5.74) is 1.17. The van der Waals surface area contributed by atoms with Gasteiger partial charge in [-0.05, 0) is 38.4 Å². The van der Waals surface area contributed by atoms with Crippen molar-refractivity contribution in [3.8, 4) is 5.75 Å². The molecule has 6 heteroatoms. The zero-order valence-corrected chi connectivity index (χ0v) is 13.8. The molecule has 2 heterocycles. The van der Waals surface area contributed by atoms with E-state index in [-0.39, 0.29) is 0 Å². The summed E-state index contributed by atoms with van der Waals surface area (Å²) in [4.78, 5) is 2.17. The minimum Gasteiger partial charge on any atom is -0.493 e. The second kappa shape index (κ2) is 7.46. The van der Waals surface area contributed by atoms with E-state index in [0.29, 0.717) is 24.4 Å². The largest absolute Gasteiger partial charge is 0.493 e. The van der Waals surface area contributed by atoms with Crippen molar-refractivity contribution in [3.63, 3.8) is 0 Å². The zero-order chi connectivity index (χ0) is 16.1. The molecule has 0 spiro atoms. The molecule has 1 fully saturated rings. The highest BCUT2D eigenvalue weighted by Gasteiger charge is 2.24. The molecule has 1 aromatic carbocycles. The lowest BCUT2D eigenvalue weighted by Crippen LogP contribution is -2.38. The lowest BCUT2D eigenvalue weighted by Gasteiger charge is -2.31. The maximum Gasteiger partial charge on any atom is 0.318 e. The van der Waals surface area contributed by atoms with Crippen molar-refractivity contribution in [2.45, 2.75) is 26.3 Å². The number of hydrogen-bond donors (Lipinski definition) is 1. The summed E-state index contributed by atoms with van der Waals surface area (Å²) < 4.78 is 11.7.